The predicted molar refractivity (Wildman–Crippen MR) is 79.1 cm³/mol. The number of likely N-dealkylation sites (tertiary alicyclic amines) is 1. The van der Waals surface area contributed by atoms with Gasteiger partial charge in [-0.05, 0) is 37.2 Å². The van der Waals surface area contributed by atoms with Crippen LogP contribution in [0.1, 0.15) is 24.8 Å². The van der Waals surface area contributed by atoms with Crippen molar-refractivity contribution in [1.29, 1.82) is 0 Å². The summed E-state index contributed by atoms with van der Waals surface area (Å²) in [5, 5.41) is 9.02. The third kappa shape index (κ3) is 4.05. The summed E-state index contributed by atoms with van der Waals surface area (Å²) in [6.07, 6.45) is 3.46. The number of aliphatic hydroxyl groups excluding tert-OH is 1. The molecule has 2 rings (SSSR count). The van der Waals surface area contributed by atoms with Crippen LogP contribution in [-0.4, -0.2) is 41.7 Å². The minimum Gasteiger partial charge on any atom is -0.396 e. The number of hydrogen-bond donors (Lipinski definition) is 2. The Morgan fingerprint density at radius 2 is 2.15 bits per heavy atom. The number of nitrogens with zero attached hydrogens (tertiary/aromatic N) is 1. The molecule has 1 fully saturated rings. The molecule has 0 aliphatic carbocycles. The molecule has 0 saturated carbocycles. The van der Waals surface area contributed by atoms with E-state index in [1.165, 1.54) is 0 Å². The molecule has 4 nitrogen and oxygen atoms in total. The summed E-state index contributed by atoms with van der Waals surface area (Å²) in [5.74, 6) is 0.457. The number of benzene rings is 1. The highest BCUT2D eigenvalue weighted by molar-refractivity contribution is 5.82. The van der Waals surface area contributed by atoms with Gasteiger partial charge in [-0.3, -0.25) is 4.79 Å². The van der Waals surface area contributed by atoms with Crippen LogP contribution in [0.2, 0.25) is 0 Å². The normalized spacial score (nSPS) is 20.7. The number of carbonyl (C=O) groups is 1. The first kappa shape index (κ1) is 15.0. The van der Waals surface area contributed by atoms with Crippen LogP contribution in [0.25, 0.3) is 0 Å². The summed E-state index contributed by atoms with van der Waals surface area (Å²) in [7, 11) is 0. The van der Waals surface area contributed by atoms with E-state index in [-0.39, 0.29) is 12.5 Å². The second kappa shape index (κ2) is 7.41. The molecule has 1 amide bonds. The van der Waals surface area contributed by atoms with E-state index in [9.17, 15) is 4.79 Å². The van der Waals surface area contributed by atoms with Crippen LogP contribution in [0.5, 0.6) is 0 Å². The molecule has 1 aromatic carbocycles. The van der Waals surface area contributed by atoms with Gasteiger partial charge in [-0.1, -0.05) is 30.3 Å². The highest BCUT2D eigenvalue weighted by atomic mass is 16.3. The molecule has 20 heavy (non-hydrogen) atoms. The maximum Gasteiger partial charge on any atom is 0.239 e. The first-order valence-corrected chi connectivity index (χ1v) is 7.40. The molecule has 1 saturated heterocycles. The Kier molecular flexibility index (Phi) is 5.56. The van der Waals surface area contributed by atoms with Gasteiger partial charge in [-0.15, -0.1) is 0 Å². The van der Waals surface area contributed by atoms with Crippen molar-refractivity contribution >= 4 is 5.91 Å². The fourth-order valence-corrected chi connectivity index (χ4v) is 2.87. The van der Waals surface area contributed by atoms with E-state index in [1.807, 2.05) is 35.2 Å². The molecule has 0 radical (unpaired) electrons. The number of hydrogen-bond acceptors (Lipinski definition) is 3. The number of aliphatic hydroxyl groups is 1. The van der Waals surface area contributed by atoms with E-state index in [0.29, 0.717) is 12.3 Å². The van der Waals surface area contributed by atoms with E-state index in [0.717, 1.165) is 37.9 Å². The zero-order valence-electron chi connectivity index (χ0n) is 11.9. The van der Waals surface area contributed by atoms with Gasteiger partial charge in [-0.25, -0.2) is 0 Å². The molecule has 0 aromatic heterocycles. The van der Waals surface area contributed by atoms with Crippen LogP contribution in [-0.2, 0) is 11.2 Å². The molecule has 0 bridgehead atoms. The SMILES string of the molecule is N[C@H](Cc1ccccc1)C(=O)N1CCCC(CCO)C1. The first-order chi connectivity index (χ1) is 9.70. The molecule has 0 spiro atoms. The lowest BCUT2D eigenvalue weighted by Crippen LogP contribution is -2.48. The second-order valence-electron chi connectivity index (χ2n) is 5.60. The Bertz CT molecular complexity index is 420. The fourth-order valence-electron chi connectivity index (χ4n) is 2.87. The van der Waals surface area contributed by atoms with Crippen molar-refractivity contribution in [2.45, 2.75) is 31.7 Å². The Balaban J connectivity index is 1.89. The molecular weight excluding hydrogens is 252 g/mol. The number of rotatable bonds is 5. The molecule has 1 aliphatic heterocycles. The molecular formula is C16H24N2O2. The third-order valence-electron chi connectivity index (χ3n) is 3.98. The van der Waals surface area contributed by atoms with Crippen molar-refractivity contribution in [3.8, 4) is 0 Å². The molecule has 1 aromatic rings. The van der Waals surface area contributed by atoms with Gasteiger partial charge in [0.15, 0.2) is 0 Å². The monoisotopic (exact) mass is 276 g/mol. The average Bonchev–Trinajstić information content (AvgIpc) is 2.48. The van der Waals surface area contributed by atoms with Gasteiger partial charge in [0.25, 0.3) is 0 Å². The third-order valence-corrected chi connectivity index (χ3v) is 3.98. The van der Waals surface area contributed by atoms with Gasteiger partial charge >= 0.3 is 0 Å². The fraction of sp³-hybridized carbons (Fsp3) is 0.562. The van der Waals surface area contributed by atoms with Crippen LogP contribution < -0.4 is 5.73 Å². The van der Waals surface area contributed by atoms with Gasteiger partial charge in [0.05, 0.1) is 6.04 Å². The van der Waals surface area contributed by atoms with Crippen LogP contribution >= 0.6 is 0 Å². The van der Waals surface area contributed by atoms with E-state index < -0.39 is 6.04 Å². The Morgan fingerprint density at radius 1 is 1.40 bits per heavy atom. The topological polar surface area (TPSA) is 66.6 Å². The second-order valence-corrected chi connectivity index (χ2v) is 5.60. The highest BCUT2D eigenvalue weighted by Crippen LogP contribution is 2.20. The maximum atomic E-state index is 12.4. The summed E-state index contributed by atoms with van der Waals surface area (Å²) in [6.45, 7) is 1.73. The summed E-state index contributed by atoms with van der Waals surface area (Å²) < 4.78 is 0. The average molecular weight is 276 g/mol. The Labute approximate surface area is 120 Å². The molecule has 1 unspecified atom stereocenters. The van der Waals surface area contributed by atoms with Crippen molar-refractivity contribution in [3.05, 3.63) is 35.9 Å². The van der Waals surface area contributed by atoms with Crippen LogP contribution in [0.15, 0.2) is 30.3 Å². The molecule has 3 N–H and O–H groups in total. The van der Waals surface area contributed by atoms with Gasteiger partial charge in [0.1, 0.15) is 0 Å². The van der Waals surface area contributed by atoms with Crippen molar-refractivity contribution < 1.29 is 9.90 Å². The lowest BCUT2D eigenvalue weighted by molar-refractivity contribution is -0.134. The number of piperidine rings is 1. The summed E-state index contributed by atoms with van der Waals surface area (Å²) >= 11 is 0. The van der Waals surface area contributed by atoms with E-state index in [2.05, 4.69) is 0 Å². The van der Waals surface area contributed by atoms with Crippen LogP contribution in [0.4, 0.5) is 0 Å². The molecule has 1 heterocycles. The smallest absolute Gasteiger partial charge is 0.239 e. The molecule has 1 aliphatic rings. The summed E-state index contributed by atoms with van der Waals surface area (Å²) in [5.41, 5.74) is 7.15. The van der Waals surface area contributed by atoms with Gasteiger partial charge in [0, 0.05) is 19.7 Å². The van der Waals surface area contributed by atoms with Crippen LogP contribution in [0.3, 0.4) is 0 Å². The van der Waals surface area contributed by atoms with Gasteiger partial charge in [0.2, 0.25) is 5.91 Å². The van der Waals surface area contributed by atoms with Crippen molar-refractivity contribution in [2.75, 3.05) is 19.7 Å². The largest absolute Gasteiger partial charge is 0.396 e. The van der Waals surface area contributed by atoms with E-state index in [1.54, 1.807) is 0 Å². The number of carbonyl (C=O) groups excluding carboxylic acids is 1. The van der Waals surface area contributed by atoms with E-state index >= 15 is 0 Å². The number of nitrogens with two attached hydrogens (primary N) is 1. The van der Waals surface area contributed by atoms with Crippen molar-refractivity contribution in [3.63, 3.8) is 0 Å². The first-order valence-electron chi connectivity index (χ1n) is 7.40. The summed E-state index contributed by atoms with van der Waals surface area (Å²) in [6, 6.07) is 9.41. The number of amides is 1. The van der Waals surface area contributed by atoms with Gasteiger partial charge in [-0.2, -0.15) is 0 Å². The lowest BCUT2D eigenvalue weighted by atomic mass is 9.94. The Morgan fingerprint density at radius 3 is 2.85 bits per heavy atom. The Hall–Kier alpha value is -1.39. The quantitative estimate of drug-likeness (QED) is 0.848. The predicted octanol–water partition coefficient (Wildman–Crippen LogP) is 1.18. The minimum atomic E-state index is -0.467. The summed E-state index contributed by atoms with van der Waals surface area (Å²) in [4.78, 5) is 14.3. The maximum absolute atomic E-state index is 12.4. The van der Waals surface area contributed by atoms with Gasteiger partial charge < -0.3 is 15.7 Å². The minimum absolute atomic E-state index is 0.0384. The van der Waals surface area contributed by atoms with Crippen molar-refractivity contribution in [1.82, 2.24) is 4.90 Å². The standard InChI is InChI=1S/C16H24N2O2/c17-15(11-13-5-2-1-3-6-13)16(20)18-9-4-7-14(12-18)8-10-19/h1-3,5-6,14-15,19H,4,7-12,17H2/t14?,15-/m1/s1. The zero-order valence-corrected chi connectivity index (χ0v) is 11.9. The lowest BCUT2D eigenvalue weighted by Gasteiger charge is -2.34. The zero-order chi connectivity index (χ0) is 14.4. The van der Waals surface area contributed by atoms with Crippen LogP contribution in [0, 0.1) is 5.92 Å². The highest BCUT2D eigenvalue weighted by Gasteiger charge is 2.26. The molecule has 110 valence electrons. The van der Waals surface area contributed by atoms with E-state index in [4.69, 9.17) is 10.8 Å². The molecule has 2 atom stereocenters. The van der Waals surface area contributed by atoms with Crippen molar-refractivity contribution in [2.24, 2.45) is 11.7 Å². The molecule has 4 heteroatoms.